The third-order valence-electron chi connectivity index (χ3n) is 4.67. The highest BCUT2D eigenvalue weighted by Gasteiger charge is 2.29. The average Bonchev–Trinajstić information content (AvgIpc) is 2.67. The number of piperidine rings is 1. The van der Waals surface area contributed by atoms with Gasteiger partial charge in [-0.3, -0.25) is 4.98 Å². The molecule has 1 fully saturated rings. The van der Waals surface area contributed by atoms with Gasteiger partial charge in [0.15, 0.2) is 0 Å². The minimum absolute atomic E-state index is 0.238. The number of nitrogens with one attached hydrogen (secondary N) is 3. The zero-order chi connectivity index (χ0) is 18.2. The van der Waals surface area contributed by atoms with E-state index in [9.17, 15) is 9.90 Å². The van der Waals surface area contributed by atoms with Crippen molar-refractivity contribution in [1.29, 1.82) is 0 Å². The van der Waals surface area contributed by atoms with Crippen molar-refractivity contribution < 1.29 is 9.90 Å². The maximum atomic E-state index is 12.3. The Bertz CT molecular complexity index is 715. The molecule has 0 bridgehead atoms. The van der Waals surface area contributed by atoms with Crippen LogP contribution in [0.2, 0.25) is 0 Å². The number of carbonyl (C=O) groups excluding carboxylic acids is 1. The number of hydrogen-bond acceptors (Lipinski definition) is 4. The number of aryl methyl sites for hydroxylation is 2. The molecule has 2 heterocycles. The van der Waals surface area contributed by atoms with E-state index < -0.39 is 5.60 Å². The molecule has 6 heteroatoms. The zero-order valence-electron chi connectivity index (χ0n) is 14.9. The van der Waals surface area contributed by atoms with Crippen molar-refractivity contribution in [2.45, 2.75) is 31.3 Å². The standard InChI is InChI=1S/C20H26N4O2/c25-19(23-15-20(26)11-5-12-21-14-20)24-18-8-2-1-6-16(18)9-10-17-7-3-4-13-22-17/h1-4,6-8,13,21,26H,5,9-12,14-15H2,(H2,23,24,25)/t20-/m0/s1. The van der Waals surface area contributed by atoms with Gasteiger partial charge in [-0.05, 0) is 56.0 Å². The van der Waals surface area contributed by atoms with Gasteiger partial charge in [-0.15, -0.1) is 0 Å². The van der Waals surface area contributed by atoms with E-state index >= 15 is 0 Å². The first-order chi connectivity index (χ1) is 12.6. The maximum absolute atomic E-state index is 12.3. The number of rotatable bonds is 6. The van der Waals surface area contributed by atoms with Gasteiger partial charge in [0, 0.05) is 30.7 Å². The number of urea groups is 1. The van der Waals surface area contributed by atoms with Crippen molar-refractivity contribution in [2.24, 2.45) is 0 Å². The van der Waals surface area contributed by atoms with Gasteiger partial charge in [-0.25, -0.2) is 4.79 Å². The zero-order valence-corrected chi connectivity index (χ0v) is 14.9. The number of hydrogen-bond donors (Lipinski definition) is 4. The van der Waals surface area contributed by atoms with Gasteiger partial charge in [0.25, 0.3) is 0 Å². The van der Waals surface area contributed by atoms with Gasteiger partial charge in [0.2, 0.25) is 0 Å². The molecular formula is C20H26N4O2. The van der Waals surface area contributed by atoms with Gasteiger partial charge < -0.3 is 21.1 Å². The Labute approximate surface area is 154 Å². The number of benzene rings is 1. The van der Waals surface area contributed by atoms with Gasteiger partial charge >= 0.3 is 6.03 Å². The number of β-amino-alcohol motifs (C(OH)–C–C–N with tert-alkyl or cyclic N) is 1. The lowest BCUT2D eigenvalue weighted by atomic mass is 9.94. The van der Waals surface area contributed by atoms with Crippen LogP contribution in [-0.4, -0.2) is 41.4 Å². The van der Waals surface area contributed by atoms with Crippen LogP contribution in [0.25, 0.3) is 0 Å². The Hall–Kier alpha value is -2.44. The maximum Gasteiger partial charge on any atom is 0.319 e. The summed E-state index contributed by atoms with van der Waals surface area (Å²) in [5.41, 5.74) is 2.01. The molecule has 0 radical (unpaired) electrons. The molecule has 0 spiro atoms. The highest BCUT2D eigenvalue weighted by Crippen LogP contribution is 2.18. The first-order valence-corrected chi connectivity index (χ1v) is 9.10. The van der Waals surface area contributed by atoms with Gasteiger partial charge in [-0.2, -0.15) is 0 Å². The third kappa shape index (κ3) is 5.28. The summed E-state index contributed by atoms with van der Waals surface area (Å²) < 4.78 is 0. The summed E-state index contributed by atoms with van der Waals surface area (Å²) in [5, 5.41) is 19.3. The summed E-state index contributed by atoms with van der Waals surface area (Å²) >= 11 is 0. The second-order valence-corrected chi connectivity index (χ2v) is 6.79. The Kier molecular flexibility index (Phi) is 6.20. The Balaban J connectivity index is 1.54. The summed E-state index contributed by atoms with van der Waals surface area (Å²) in [7, 11) is 0. The fourth-order valence-electron chi connectivity index (χ4n) is 3.18. The molecule has 0 saturated carbocycles. The van der Waals surface area contributed by atoms with Crippen molar-refractivity contribution in [1.82, 2.24) is 15.6 Å². The molecule has 1 atom stereocenters. The molecule has 0 unspecified atom stereocenters. The molecule has 1 aliphatic heterocycles. The molecule has 26 heavy (non-hydrogen) atoms. The molecule has 1 aliphatic rings. The lowest BCUT2D eigenvalue weighted by Gasteiger charge is -2.32. The smallest absolute Gasteiger partial charge is 0.319 e. The first-order valence-electron chi connectivity index (χ1n) is 9.10. The molecular weight excluding hydrogens is 328 g/mol. The fourth-order valence-corrected chi connectivity index (χ4v) is 3.18. The first kappa shape index (κ1) is 18.4. The van der Waals surface area contributed by atoms with Gasteiger partial charge in [0.1, 0.15) is 0 Å². The molecule has 2 amide bonds. The Morgan fingerprint density at radius 3 is 2.81 bits per heavy atom. The lowest BCUT2D eigenvalue weighted by Crippen LogP contribution is -2.53. The lowest BCUT2D eigenvalue weighted by molar-refractivity contribution is 0.0198. The van der Waals surface area contributed by atoms with E-state index in [-0.39, 0.29) is 12.6 Å². The summed E-state index contributed by atoms with van der Waals surface area (Å²) in [6.07, 6.45) is 5.00. The normalized spacial score (nSPS) is 19.7. The van der Waals surface area contributed by atoms with E-state index in [4.69, 9.17) is 0 Å². The molecule has 1 aromatic heterocycles. The fraction of sp³-hybridized carbons (Fsp3) is 0.400. The second kappa shape index (κ2) is 8.78. The number of aromatic nitrogens is 1. The van der Waals surface area contributed by atoms with Crippen molar-refractivity contribution in [3.8, 4) is 0 Å². The van der Waals surface area contributed by atoms with E-state index in [1.54, 1.807) is 6.20 Å². The highest BCUT2D eigenvalue weighted by molar-refractivity contribution is 5.90. The van der Waals surface area contributed by atoms with Crippen LogP contribution in [0.3, 0.4) is 0 Å². The van der Waals surface area contributed by atoms with Crippen LogP contribution in [0.4, 0.5) is 10.5 Å². The van der Waals surface area contributed by atoms with Crippen LogP contribution in [0, 0.1) is 0 Å². The van der Waals surface area contributed by atoms with E-state index in [0.717, 1.165) is 42.8 Å². The van der Waals surface area contributed by atoms with E-state index in [1.807, 2.05) is 42.5 Å². The van der Waals surface area contributed by atoms with Crippen molar-refractivity contribution in [2.75, 3.05) is 25.0 Å². The predicted octanol–water partition coefficient (Wildman–Crippen LogP) is 2.10. The van der Waals surface area contributed by atoms with Crippen molar-refractivity contribution in [3.05, 3.63) is 59.9 Å². The van der Waals surface area contributed by atoms with Crippen LogP contribution in [0.1, 0.15) is 24.1 Å². The quantitative estimate of drug-likeness (QED) is 0.640. The largest absolute Gasteiger partial charge is 0.387 e. The van der Waals surface area contributed by atoms with Crippen molar-refractivity contribution >= 4 is 11.7 Å². The number of para-hydroxylation sites is 1. The summed E-state index contributed by atoms with van der Waals surface area (Å²) in [6, 6.07) is 13.4. The van der Waals surface area contributed by atoms with Crippen molar-refractivity contribution in [3.63, 3.8) is 0 Å². The number of amides is 2. The second-order valence-electron chi connectivity index (χ2n) is 6.79. The number of pyridine rings is 1. The molecule has 0 aliphatic carbocycles. The average molecular weight is 354 g/mol. The number of carbonyl (C=O) groups is 1. The monoisotopic (exact) mass is 354 g/mol. The van der Waals surface area contributed by atoms with Crippen LogP contribution in [0.5, 0.6) is 0 Å². The van der Waals surface area contributed by atoms with Crippen LogP contribution < -0.4 is 16.0 Å². The van der Waals surface area contributed by atoms with Crippen LogP contribution in [-0.2, 0) is 12.8 Å². The highest BCUT2D eigenvalue weighted by atomic mass is 16.3. The Morgan fingerprint density at radius 1 is 1.19 bits per heavy atom. The SMILES string of the molecule is O=C(NC[C@]1(O)CCCNC1)Nc1ccccc1CCc1ccccn1. The molecule has 2 aromatic rings. The number of nitrogens with zero attached hydrogens (tertiary/aromatic N) is 1. The Morgan fingerprint density at radius 2 is 2.04 bits per heavy atom. The molecule has 3 rings (SSSR count). The van der Waals surface area contributed by atoms with E-state index in [2.05, 4.69) is 20.9 Å². The van der Waals surface area contributed by atoms with E-state index in [0.29, 0.717) is 13.0 Å². The summed E-state index contributed by atoms with van der Waals surface area (Å²) in [6.45, 7) is 1.66. The molecule has 138 valence electrons. The minimum Gasteiger partial charge on any atom is -0.387 e. The minimum atomic E-state index is -0.867. The molecule has 1 saturated heterocycles. The van der Waals surface area contributed by atoms with E-state index in [1.165, 1.54) is 0 Å². The molecule has 6 nitrogen and oxygen atoms in total. The predicted molar refractivity (Wildman–Crippen MR) is 102 cm³/mol. The number of anilines is 1. The van der Waals surface area contributed by atoms with Gasteiger partial charge in [0.05, 0.1) is 5.60 Å². The van der Waals surface area contributed by atoms with Gasteiger partial charge in [-0.1, -0.05) is 24.3 Å². The van der Waals surface area contributed by atoms with Crippen LogP contribution in [0.15, 0.2) is 48.7 Å². The number of aliphatic hydroxyl groups is 1. The summed E-state index contributed by atoms with van der Waals surface area (Å²) in [5.74, 6) is 0. The molecule has 1 aromatic carbocycles. The van der Waals surface area contributed by atoms with Crippen LogP contribution >= 0.6 is 0 Å². The topological polar surface area (TPSA) is 86.3 Å². The molecule has 4 N–H and O–H groups in total. The summed E-state index contributed by atoms with van der Waals surface area (Å²) in [4.78, 5) is 16.6. The third-order valence-corrected chi connectivity index (χ3v) is 4.67.